The van der Waals surface area contributed by atoms with Gasteiger partial charge in [-0.15, -0.1) is 0 Å². The number of carbonyl (C=O) groups is 1. The number of fused-ring (bicyclic) bond motifs is 1. The van der Waals surface area contributed by atoms with Crippen LogP contribution in [0.1, 0.15) is 58.2 Å². The van der Waals surface area contributed by atoms with E-state index in [1.54, 1.807) is 7.11 Å². The number of likely N-dealkylation sites (tertiary alicyclic amines) is 1. The maximum absolute atomic E-state index is 14.0. The molecule has 1 unspecified atom stereocenters. The third-order valence-corrected chi connectivity index (χ3v) is 6.99. The summed E-state index contributed by atoms with van der Waals surface area (Å²) in [4.78, 5) is 21.1. The third-order valence-electron chi connectivity index (χ3n) is 6.99. The highest BCUT2D eigenvalue weighted by Gasteiger charge is 2.34. The number of nitrogen functional groups attached to an aromatic ring is 1. The van der Waals surface area contributed by atoms with Crippen molar-refractivity contribution in [2.24, 2.45) is 0 Å². The van der Waals surface area contributed by atoms with Gasteiger partial charge in [0.05, 0.1) is 24.2 Å². The van der Waals surface area contributed by atoms with Gasteiger partial charge in [0.2, 0.25) is 0 Å². The molecular weight excluding hydrogens is 436 g/mol. The normalized spacial score (nSPS) is 16.0. The van der Waals surface area contributed by atoms with Crippen LogP contribution >= 0.6 is 0 Å². The van der Waals surface area contributed by atoms with Gasteiger partial charge >= 0.3 is 0 Å². The van der Waals surface area contributed by atoms with Crippen LogP contribution in [0.25, 0.3) is 16.7 Å². The molecule has 1 atom stereocenters. The standard InChI is InChI=1S/C29H32N4O2/c1-18-15-19(2)27(20(3)16-18)29(34)32-14-6-5-7-26(32)28-31-24-17-21(30)8-13-25(24)33(28)22-9-11-23(35-4)12-10-22/h8-13,15-17,26H,5-7,14,30H2,1-4H3. The number of amides is 1. The minimum atomic E-state index is -0.132. The molecule has 1 amide bonds. The number of nitrogens with two attached hydrogens (primary N) is 1. The molecule has 1 saturated heterocycles. The Labute approximate surface area is 206 Å². The lowest BCUT2D eigenvalue weighted by molar-refractivity contribution is 0.0597. The number of benzene rings is 3. The molecule has 5 rings (SSSR count). The molecule has 0 spiro atoms. The van der Waals surface area contributed by atoms with E-state index in [2.05, 4.69) is 23.6 Å². The van der Waals surface area contributed by atoms with Crippen LogP contribution in [0.15, 0.2) is 54.6 Å². The first kappa shape index (κ1) is 23.0. The van der Waals surface area contributed by atoms with Crippen molar-refractivity contribution in [2.75, 3.05) is 19.4 Å². The number of hydrogen-bond acceptors (Lipinski definition) is 4. The molecule has 35 heavy (non-hydrogen) atoms. The Bertz CT molecular complexity index is 1380. The van der Waals surface area contributed by atoms with Gasteiger partial charge in [-0.1, -0.05) is 17.7 Å². The minimum Gasteiger partial charge on any atom is -0.497 e. The highest BCUT2D eigenvalue weighted by molar-refractivity contribution is 5.97. The van der Waals surface area contributed by atoms with Crippen LogP contribution < -0.4 is 10.5 Å². The monoisotopic (exact) mass is 468 g/mol. The fourth-order valence-corrected chi connectivity index (χ4v) is 5.45. The Morgan fingerprint density at radius 3 is 2.40 bits per heavy atom. The number of aryl methyl sites for hydroxylation is 3. The van der Waals surface area contributed by atoms with E-state index in [4.69, 9.17) is 15.5 Å². The van der Waals surface area contributed by atoms with Crippen LogP contribution in [0.3, 0.4) is 0 Å². The van der Waals surface area contributed by atoms with Gasteiger partial charge in [-0.3, -0.25) is 9.36 Å². The summed E-state index contributed by atoms with van der Waals surface area (Å²) in [6.45, 7) is 6.84. The van der Waals surface area contributed by atoms with E-state index < -0.39 is 0 Å². The lowest BCUT2D eigenvalue weighted by atomic mass is 9.95. The Morgan fingerprint density at radius 2 is 1.71 bits per heavy atom. The highest BCUT2D eigenvalue weighted by atomic mass is 16.5. The van der Waals surface area contributed by atoms with Crippen molar-refractivity contribution in [3.05, 3.63) is 82.7 Å². The minimum absolute atomic E-state index is 0.0811. The molecule has 2 heterocycles. The molecule has 2 N–H and O–H groups in total. The van der Waals surface area contributed by atoms with Crippen molar-refractivity contribution in [3.8, 4) is 11.4 Å². The summed E-state index contributed by atoms with van der Waals surface area (Å²) in [5, 5.41) is 0. The molecule has 6 heteroatoms. The molecule has 0 aliphatic carbocycles. The maximum atomic E-state index is 14.0. The Kier molecular flexibility index (Phi) is 5.97. The molecule has 1 aliphatic heterocycles. The van der Waals surface area contributed by atoms with E-state index in [1.807, 2.05) is 61.2 Å². The number of nitrogens with zero attached hydrogens (tertiary/aromatic N) is 3. The molecule has 1 fully saturated rings. The van der Waals surface area contributed by atoms with Gasteiger partial charge in [0.1, 0.15) is 11.6 Å². The smallest absolute Gasteiger partial charge is 0.255 e. The van der Waals surface area contributed by atoms with Gasteiger partial charge in [-0.05, 0) is 93.6 Å². The van der Waals surface area contributed by atoms with Crippen LogP contribution in [0.5, 0.6) is 5.75 Å². The predicted molar refractivity (Wildman–Crippen MR) is 140 cm³/mol. The fourth-order valence-electron chi connectivity index (χ4n) is 5.45. The van der Waals surface area contributed by atoms with E-state index in [0.29, 0.717) is 12.2 Å². The van der Waals surface area contributed by atoms with E-state index in [-0.39, 0.29) is 11.9 Å². The molecule has 4 aromatic rings. The van der Waals surface area contributed by atoms with Gasteiger partial charge in [-0.2, -0.15) is 0 Å². The molecular formula is C29H32N4O2. The molecule has 1 aromatic heterocycles. The first-order chi connectivity index (χ1) is 16.9. The summed E-state index contributed by atoms with van der Waals surface area (Å²) >= 11 is 0. The second-order valence-corrected chi connectivity index (χ2v) is 9.54. The number of piperidine rings is 1. The van der Waals surface area contributed by atoms with Crippen molar-refractivity contribution in [2.45, 2.75) is 46.1 Å². The Balaban J connectivity index is 1.66. The number of aromatic nitrogens is 2. The molecule has 1 aliphatic rings. The number of carbonyl (C=O) groups excluding carboxylic acids is 1. The molecule has 0 saturated carbocycles. The molecule has 0 bridgehead atoms. The highest BCUT2D eigenvalue weighted by Crippen LogP contribution is 2.36. The summed E-state index contributed by atoms with van der Waals surface area (Å²) in [6.07, 6.45) is 2.90. The molecule has 180 valence electrons. The van der Waals surface area contributed by atoms with Crippen molar-refractivity contribution in [3.63, 3.8) is 0 Å². The van der Waals surface area contributed by atoms with Crippen LogP contribution in [-0.2, 0) is 0 Å². The van der Waals surface area contributed by atoms with E-state index in [0.717, 1.165) is 64.2 Å². The zero-order chi connectivity index (χ0) is 24.7. The van der Waals surface area contributed by atoms with Gasteiger partial charge in [-0.25, -0.2) is 4.98 Å². The number of rotatable bonds is 4. The molecule has 6 nitrogen and oxygen atoms in total. The van der Waals surface area contributed by atoms with E-state index in [1.165, 1.54) is 5.56 Å². The van der Waals surface area contributed by atoms with Gasteiger partial charge in [0, 0.05) is 23.5 Å². The van der Waals surface area contributed by atoms with Crippen LogP contribution in [0.2, 0.25) is 0 Å². The number of imidazole rings is 1. The van der Waals surface area contributed by atoms with Crippen molar-refractivity contribution >= 4 is 22.6 Å². The van der Waals surface area contributed by atoms with Crippen LogP contribution in [-0.4, -0.2) is 34.0 Å². The average molecular weight is 469 g/mol. The van der Waals surface area contributed by atoms with E-state index >= 15 is 0 Å². The zero-order valence-electron chi connectivity index (χ0n) is 20.8. The zero-order valence-corrected chi connectivity index (χ0v) is 20.8. The number of methoxy groups -OCH3 is 1. The first-order valence-electron chi connectivity index (χ1n) is 12.2. The van der Waals surface area contributed by atoms with E-state index in [9.17, 15) is 4.79 Å². The summed E-state index contributed by atoms with van der Waals surface area (Å²) < 4.78 is 7.54. The number of anilines is 1. The second-order valence-electron chi connectivity index (χ2n) is 9.54. The van der Waals surface area contributed by atoms with Crippen molar-refractivity contribution < 1.29 is 9.53 Å². The van der Waals surface area contributed by atoms with Gasteiger partial charge in [0.25, 0.3) is 5.91 Å². The summed E-state index contributed by atoms with van der Waals surface area (Å²) in [6, 6.07) is 17.8. The summed E-state index contributed by atoms with van der Waals surface area (Å²) in [5.74, 6) is 1.74. The molecule has 0 radical (unpaired) electrons. The average Bonchev–Trinajstić information content (AvgIpc) is 3.21. The SMILES string of the molecule is COc1ccc(-n2c(C3CCCCN3C(=O)c3c(C)cc(C)cc3C)nc3cc(N)ccc32)cc1. The van der Waals surface area contributed by atoms with Crippen molar-refractivity contribution in [1.29, 1.82) is 0 Å². The Morgan fingerprint density at radius 1 is 1.00 bits per heavy atom. The quantitative estimate of drug-likeness (QED) is 0.378. The third kappa shape index (κ3) is 4.14. The lowest BCUT2D eigenvalue weighted by Gasteiger charge is -2.36. The predicted octanol–water partition coefficient (Wildman–Crippen LogP) is 5.91. The second kappa shape index (κ2) is 9.10. The number of ether oxygens (including phenoxy) is 1. The topological polar surface area (TPSA) is 73.4 Å². The van der Waals surface area contributed by atoms with Crippen LogP contribution in [0.4, 0.5) is 5.69 Å². The largest absolute Gasteiger partial charge is 0.497 e. The maximum Gasteiger partial charge on any atom is 0.255 e. The number of hydrogen-bond donors (Lipinski definition) is 1. The fraction of sp³-hybridized carbons (Fsp3) is 0.310. The summed E-state index contributed by atoms with van der Waals surface area (Å²) in [5.41, 5.74) is 13.6. The Hall–Kier alpha value is -3.80. The van der Waals surface area contributed by atoms with Gasteiger partial charge < -0.3 is 15.4 Å². The lowest BCUT2D eigenvalue weighted by Crippen LogP contribution is -2.40. The van der Waals surface area contributed by atoms with Gasteiger partial charge in [0.15, 0.2) is 0 Å². The first-order valence-corrected chi connectivity index (χ1v) is 12.2. The van der Waals surface area contributed by atoms with Crippen LogP contribution in [0, 0.1) is 20.8 Å². The molecule has 3 aromatic carbocycles. The van der Waals surface area contributed by atoms with Crippen molar-refractivity contribution in [1.82, 2.24) is 14.5 Å². The summed E-state index contributed by atoms with van der Waals surface area (Å²) in [7, 11) is 1.66.